The van der Waals surface area contributed by atoms with Gasteiger partial charge in [0.2, 0.25) is 0 Å². The molecule has 0 aliphatic heterocycles. The third-order valence-corrected chi connectivity index (χ3v) is 4.18. The maximum atomic E-state index is 13.1. The Morgan fingerprint density at radius 2 is 1.88 bits per heavy atom. The van der Waals surface area contributed by atoms with Gasteiger partial charge in [-0.3, -0.25) is 9.78 Å². The highest BCUT2D eigenvalue weighted by Crippen LogP contribution is 2.23. The van der Waals surface area contributed by atoms with Crippen molar-refractivity contribution in [1.29, 1.82) is 0 Å². The van der Waals surface area contributed by atoms with E-state index >= 15 is 0 Å². The van der Waals surface area contributed by atoms with E-state index in [1.165, 1.54) is 12.1 Å². The second kappa shape index (κ2) is 8.01. The Morgan fingerprint density at radius 1 is 1.19 bits per heavy atom. The van der Waals surface area contributed by atoms with E-state index in [0.29, 0.717) is 16.7 Å². The third kappa shape index (κ3) is 4.20. The van der Waals surface area contributed by atoms with Gasteiger partial charge >= 0.3 is 0 Å². The summed E-state index contributed by atoms with van der Waals surface area (Å²) in [4.78, 5) is 22.4. The van der Waals surface area contributed by atoms with Crippen LogP contribution in [0.3, 0.4) is 0 Å². The second-order valence-electron chi connectivity index (χ2n) is 5.74. The number of ether oxygens (including phenoxy) is 1. The number of aromatic nitrogens is 3. The summed E-state index contributed by atoms with van der Waals surface area (Å²) in [6.45, 7) is 3.59. The van der Waals surface area contributed by atoms with Crippen LogP contribution in [-0.4, -0.2) is 32.9 Å². The Kier molecular flexibility index (Phi) is 5.52. The summed E-state index contributed by atoms with van der Waals surface area (Å²) >= 11 is 1.08. The van der Waals surface area contributed by atoms with Gasteiger partial charge in [-0.1, -0.05) is 0 Å². The highest BCUT2D eigenvalue weighted by atomic mass is 32.1. The largest absolute Gasteiger partial charge is 0.459 e. The Bertz CT molecular complexity index is 868. The molecule has 0 atom stereocenters. The molecule has 6 nitrogen and oxygen atoms in total. The van der Waals surface area contributed by atoms with Crippen LogP contribution in [0.25, 0.3) is 11.4 Å². The maximum absolute atomic E-state index is 13.1. The Hall–Kier alpha value is -2.87. The summed E-state index contributed by atoms with van der Waals surface area (Å²) in [5.41, 5.74) is 1.44. The fraction of sp³-hybridized carbons (Fsp3) is 0.222. The van der Waals surface area contributed by atoms with E-state index in [2.05, 4.69) is 14.3 Å². The highest BCUT2D eigenvalue weighted by Gasteiger charge is 2.20. The van der Waals surface area contributed by atoms with Crippen LogP contribution in [-0.2, 0) is 4.79 Å². The molecule has 0 unspecified atom stereocenters. The van der Waals surface area contributed by atoms with E-state index in [1.54, 1.807) is 41.6 Å². The van der Waals surface area contributed by atoms with Crippen LogP contribution >= 0.6 is 11.5 Å². The molecule has 2 aromatic heterocycles. The van der Waals surface area contributed by atoms with Gasteiger partial charge in [-0.25, -0.2) is 4.39 Å². The average Bonchev–Trinajstić information content (AvgIpc) is 3.11. The predicted molar refractivity (Wildman–Crippen MR) is 97.7 cm³/mol. The number of rotatable bonds is 6. The zero-order valence-electron chi connectivity index (χ0n) is 14.3. The zero-order valence-corrected chi connectivity index (χ0v) is 15.1. The van der Waals surface area contributed by atoms with Crippen molar-refractivity contribution in [3.8, 4) is 16.6 Å². The molecule has 8 heteroatoms. The molecule has 0 saturated heterocycles. The molecule has 3 aromatic rings. The molecule has 0 N–H and O–H groups in total. The molecule has 1 amide bonds. The molecule has 1 aromatic carbocycles. The molecule has 0 saturated carbocycles. The van der Waals surface area contributed by atoms with E-state index in [4.69, 9.17) is 4.74 Å². The smallest absolute Gasteiger partial charge is 0.294 e. The number of anilines is 1. The molecule has 26 heavy (non-hydrogen) atoms. The van der Waals surface area contributed by atoms with Crippen LogP contribution in [0, 0.1) is 5.82 Å². The van der Waals surface area contributed by atoms with E-state index in [-0.39, 0.29) is 24.4 Å². The number of carbonyl (C=O) groups is 1. The van der Waals surface area contributed by atoms with Gasteiger partial charge in [0.25, 0.3) is 11.1 Å². The maximum Gasteiger partial charge on any atom is 0.294 e. The molecule has 3 rings (SSSR count). The van der Waals surface area contributed by atoms with Crippen molar-refractivity contribution in [2.75, 3.05) is 11.5 Å². The average molecular weight is 372 g/mol. The fourth-order valence-corrected chi connectivity index (χ4v) is 2.96. The van der Waals surface area contributed by atoms with Gasteiger partial charge in [-0.2, -0.15) is 9.36 Å². The number of carbonyl (C=O) groups excluding carboxylic acids is 1. The number of nitrogens with zero attached hydrogens (tertiary/aromatic N) is 4. The molecular formula is C18H17FN4O2S. The summed E-state index contributed by atoms with van der Waals surface area (Å²) in [6, 6.07) is 9.28. The van der Waals surface area contributed by atoms with Gasteiger partial charge in [0.05, 0.1) is 0 Å². The number of pyridine rings is 1. The first-order valence-electron chi connectivity index (χ1n) is 7.99. The number of benzene rings is 1. The Morgan fingerprint density at radius 3 is 2.54 bits per heavy atom. The first kappa shape index (κ1) is 17.9. The van der Waals surface area contributed by atoms with E-state index < -0.39 is 0 Å². The van der Waals surface area contributed by atoms with Crippen molar-refractivity contribution in [2.45, 2.75) is 19.9 Å². The van der Waals surface area contributed by atoms with Crippen molar-refractivity contribution < 1.29 is 13.9 Å². The van der Waals surface area contributed by atoms with Crippen LogP contribution in [0.15, 0.2) is 48.8 Å². The van der Waals surface area contributed by atoms with Gasteiger partial charge in [-0.05, 0) is 50.2 Å². The Balaban J connectivity index is 1.67. The molecule has 0 spiro atoms. The zero-order chi connectivity index (χ0) is 18.5. The van der Waals surface area contributed by atoms with Gasteiger partial charge < -0.3 is 9.64 Å². The van der Waals surface area contributed by atoms with Crippen molar-refractivity contribution >= 4 is 23.1 Å². The van der Waals surface area contributed by atoms with Crippen LogP contribution in [0.2, 0.25) is 0 Å². The second-order valence-corrected chi connectivity index (χ2v) is 6.46. The highest BCUT2D eigenvalue weighted by molar-refractivity contribution is 7.07. The van der Waals surface area contributed by atoms with Gasteiger partial charge in [-0.15, -0.1) is 0 Å². The van der Waals surface area contributed by atoms with Crippen molar-refractivity contribution in [3.63, 3.8) is 0 Å². The summed E-state index contributed by atoms with van der Waals surface area (Å²) in [5, 5.41) is 0.313. The molecule has 0 fully saturated rings. The quantitative estimate of drug-likeness (QED) is 0.662. The van der Waals surface area contributed by atoms with Crippen LogP contribution < -0.4 is 9.64 Å². The normalized spacial score (nSPS) is 10.8. The molecule has 0 bridgehead atoms. The van der Waals surface area contributed by atoms with Crippen LogP contribution in [0.5, 0.6) is 5.19 Å². The predicted octanol–water partition coefficient (Wildman–Crippen LogP) is 3.56. The minimum Gasteiger partial charge on any atom is -0.459 e. The fourth-order valence-electron chi connectivity index (χ4n) is 2.41. The van der Waals surface area contributed by atoms with Gasteiger partial charge in [0.15, 0.2) is 12.4 Å². The number of hydrogen-bond donors (Lipinski definition) is 0. The van der Waals surface area contributed by atoms with Crippen molar-refractivity contribution in [3.05, 3.63) is 54.6 Å². The lowest BCUT2D eigenvalue weighted by Gasteiger charge is -2.26. The topological polar surface area (TPSA) is 68.2 Å². The van der Waals surface area contributed by atoms with Crippen LogP contribution in [0.1, 0.15) is 13.8 Å². The summed E-state index contributed by atoms with van der Waals surface area (Å²) in [6.07, 6.45) is 3.31. The monoisotopic (exact) mass is 372 g/mol. The lowest BCUT2D eigenvalue weighted by Crippen LogP contribution is -2.40. The molecular weight excluding hydrogens is 355 g/mol. The van der Waals surface area contributed by atoms with E-state index in [9.17, 15) is 9.18 Å². The lowest BCUT2D eigenvalue weighted by atomic mass is 10.2. The standard InChI is InChI=1S/C18H17FN4O2S/c1-12(2)23(15-5-3-14(19)4-6-15)16(24)11-25-18-21-17(22-26-18)13-7-9-20-10-8-13/h3-10,12H,11H2,1-2H3. The summed E-state index contributed by atoms with van der Waals surface area (Å²) in [7, 11) is 0. The minimum atomic E-state index is -0.348. The molecule has 0 aliphatic carbocycles. The molecule has 2 heterocycles. The van der Waals surface area contributed by atoms with Crippen LogP contribution in [0.4, 0.5) is 10.1 Å². The number of amides is 1. The SMILES string of the molecule is CC(C)N(C(=O)COc1nc(-c2ccncc2)ns1)c1ccc(F)cc1. The van der Waals surface area contributed by atoms with Crippen molar-refractivity contribution in [1.82, 2.24) is 14.3 Å². The third-order valence-electron chi connectivity index (χ3n) is 3.55. The number of hydrogen-bond acceptors (Lipinski definition) is 6. The van der Waals surface area contributed by atoms with E-state index in [1.807, 2.05) is 13.8 Å². The Labute approximate surface area is 154 Å². The first-order chi connectivity index (χ1) is 12.5. The molecule has 0 aliphatic rings. The van der Waals surface area contributed by atoms with Gasteiger partial charge in [0.1, 0.15) is 5.82 Å². The van der Waals surface area contributed by atoms with E-state index in [0.717, 1.165) is 17.1 Å². The lowest BCUT2D eigenvalue weighted by molar-refractivity contribution is -0.120. The molecule has 0 radical (unpaired) electrons. The number of halogens is 1. The van der Waals surface area contributed by atoms with Crippen molar-refractivity contribution in [2.24, 2.45) is 0 Å². The van der Waals surface area contributed by atoms with Gasteiger partial charge in [0, 0.05) is 41.2 Å². The minimum absolute atomic E-state index is 0.0987. The summed E-state index contributed by atoms with van der Waals surface area (Å²) in [5.74, 6) is -0.0648. The first-order valence-corrected chi connectivity index (χ1v) is 8.76. The summed E-state index contributed by atoms with van der Waals surface area (Å²) < 4.78 is 22.9. The molecule has 134 valence electrons.